The van der Waals surface area contributed by atoms with E-state index in [4.69, 9.17) is 0 Å². The van der Waals surface area contributed by atoms with Crippen LogP contribution in [0.1, 0.15) is 11.3 Å². The third kappa shape index (κ3) is 5.66. The molecule has 10 heteroatoms. The number of pyridine rings is 2. The molecular weight excluding hydrogens is 372 g/mol. The third-order valence-corrected chi connectivity index (χ3v) is 4.11. The van der Waals surface area contributed by atoms with Gasteiger partial charge >= 0.3 is 0 Å². The summed E-state index contributed by atoms with van der Waals surface area (Å²) in [6, 6.07) is 16.5. The molecule has 0 amide bonds. The lowest BCUT2D eigenvalue weighted by atomic mass is 10.1. The molecule has 9 nitrogen and oxygen atoms in total. The highest BCUT2D eigenvalue weighted by Gasteiger charge is 2.14. The van der Waals surface area contributed by atoms with Crippen molar-refractivity contribution in [1.29, 1.82) is 0 Å². The zero-order chi connectivity index (χ0) is 17.7. The number of hydrogen-bond acceptors (Lipinski definition) is 6. The summed E-state index contributed by atoms with van der Waals surface area (Å²) in [5.41, 5.74) is 4.26. The zero-order valence-corrected chi connectivity index (χ0v) is 14.8. The fourth-order valence-electron chi connectivity index (χ4n) is 2.12. The van der Waals surface area contributed by atoms with Crippen LogP contribution in [-0.2, 0) is 10.1 Å². The molecule has 0 bridgehead atoms. The molecule has 0 saturated heterocycles. The standard InChI is InChI=1S/C17H14N4O3S.2H2O/c22-25(23,24)14-7-5-6-13(12-14)17(15-8-1-3-10-18-15)21-20-16-9-2-4-11-19-16;;/h1-12H,(H,19,20)(H,22,23,24);2*1H2/b21-17-;;. The van der Waals surface area contributed by atoms with Crippen LogP contribution in [0, 0.1) is 0 Å². The Morgan fingerprint density at radius 2 is 1.63 bits per heavy atom. The predicted molar refractivity (Wildman–Crippen MR) is 101 cm³/mol. The Balaban J connectivity index is 0.00000182. The van der Waals surface area contributed by atoms with Crippen molar-refractivity contribution < 1.29 is 23.9 Å². The number of anilines is 1. The van der Waals surface area contributed by atoms with Gasteiger partial charge in [-0.2, -0.15) is 13.5 Å². The van der Waals surface area contributed by atoms with E-state index in [2.05, 4.69) is 20.5 Å². The largest absolute Gasteiger partial charge is 0.412 e. The van der Waals surface area contributed by atoms with E-state index in [1.54, 1.807) is 48.8 Å². The minimum Gasteiger partial charge on any atom is -0.412 e. The SMILES string of the molecule is O.O.O=S(=O)(O)c1cccc(/C(=N/Nc2ccccn2)c2ccccn2)c1. The molecule has 1 aromatic carbocycles. The highest BCUT2D eigenvalue weighted by molar-refractivity contribution is 7.85. The highest BCUT2D eigenvalue weighted by Crippen LogP contribution is 2.15. The first-order chi connectivity index (χ1) is 12.0. The first-order valence-electron chi connectivity index (χ1n) is 7.28. The molecule has 0 saturated carbocycles. The van der Waals surface area contributed by atoms with Gasteiger partial charge in [0.25, 0.3) is 10.1 Å². The molecule has 0 aliphatic rings. The van der Waals surface area contributed by atoms with Crippen LogP contribution in [0.25, 0.3) is 0 Å². The molecule has 0 aliphatic heterocycles. The van der Waals surface area contributed by atoms with E-state index in [1.165, 1.54) is 18.2 Å². The van der Waals surface area contributed by atoms with E-state index in [1.807, 2.05) is 6.07 Å². The van der Waals surface area contributed by atoms with Gasteiger partial charge < -0.3 is 11.0 Å². The summed E-state index contributed by atoms with van der Waals surface area (Å²) in [5.74, 6) is 0.530. The van der Waals surface area contributed by atoms with Crippen LogP contribution >= 0.6 is 0 Å². The van der Waals surface area contributed by atoms with E-state index in [9.17, 15) is 13.0 Å². The molecule has 2 heterocycles. The van der Waals surface area contributed by atoms with Crippen LogP contribution < -0.4 is 5.43 Å². The Bertz CT molecular complexity index is 996. The fourth-order valence-corrected chi connectivity index (χ4v) is 2.64. The first-order valence-corrected chi connectivity index (χ1v) is 8.72. The van der Waals surface area contributed by atoms with Crippen molar-refractivity contribution in [2.75, 3.05) is 5.43 Å². The third-order valence-electron chi connectivity index (χ3n) is 3.26. The maximum absolute atomic E-state index is 11.4. The normalized spacial score (nSPS) is 11.1. The number of benzene rings is 1. The molecule has 3 rings (SSSR count). The van der Waals surface area contributed by atoms with Gasteiger partial charge in [-0.3, -0.25) is 15.0 Å². The number of hydrogen-bond donors (Lipinski definition) is 2. The topological polar surface area (TPSA) is 168 Å². The molecule has 2 aromatic heterocycles. The molecule has 0 spiro atoms. The maximum atomic E-state index is 11.4. The van der Waals surface area contributed by atoms with Crippen molar-refractivity contribution >= 4 is 21.6 Å². The Hall–Kier alpha value is -3.18. The Morgan fingerprint density at radius 1 is 0.926 bits per heavy atom. The van der Waals surface area contributed by atoms with Crippen LogP contribution in [-0.4, -0.2) is 39.6 Å². The molecule has 0 radical (unpaired) electrons. The van der Waals surface area contributed by atoms with Crippen molar-refractivity contribution in [3.8, 4) is 0 Å². The predicted octanol–water partition coefficient (Wildman–Crippen LogP) is 0.938. The first kappa shape index (κ1) is 21.9. The Labute approximate surface area is 155 Å². The fraction of sp³-hybridized carbons (Fsp3) is 0. The summed E-state index contributed by atoms with van der Waals surface area (Å²) in [6.07, 6.45) is 3.23. The number of rotatable bonds is 5. The molecule has 0 aliphatic carbocycles. The second-order valence-electron chi connectivity index (χ2n) is 5.01. The molecule has 0 atom stereocenters. The van der Waals surface area contributed by atoms with Gasteiger partial charge in [0.2, 0.25) is 0 Å². The molecule has 0 fully saturated rings. The van der Waals surface area contributed by atoms with E-state index in [-0.39, 0.29) is 15.8 Å². The van der Waals surface area contributed by atoms with E-state index in [0.29, 0.717) is 22.8 Å². The van der Waals surface area contributed by atoms with Crippen LogP contribution in [0.4, 0.5) is 5.82 Å². The number of aromatic nitrogens is 2. The molecule has 6 N–H and O–H groups in total. The van der Waals surface area contributed by atoms with Gasteiger partial charge in [-0.25, -0.2) is 4.98 Å². The van der Waals surface area contributed by atoms with Crippen LogP contribution in [0.15, 0.2) is 83.1 Å². The van der Waals surface area contributed by atoms with Gasteiger partial charge in [-0.1, -0.05) is 24.3 Å². The maximum Gasteiger partial charge on any atom is 0.294 e. The highest BCUT2D eigenvalue weighted by atomic mass is 32.2. The lowest BCUT2D eigenvalue weighted by Gasteiger charge is -2.08. The molecule has 3 aromatic rings. The molecular formula is C17H18N4O5S. The van der Waals surface area contributed by atoms with E-state index < -0.39 is 10.1 Å². The summed E-state index contributed by atoms with van der Waals surface area (Å²) in [4.78, 5) is 8.16. The van der Waals surface area contributed by atoms with Crippen LogP contribution in [0.3, 0.4) is 0 Å². The second-order valence-corrected chi connectivity index (χ2v) is 6.43. The van der Waals surface area contributed by atoms with Gasteiger partial charge in [0, 0.05) is 18.0 Å². The summed E-state index contributed by atoms with van der Waals surface area (Å²) in [7, 11) is -4.32. The summed E-state index contributed by atoms with van der Waals surface area (Å²) < 4.78 is 32.1. The van der Waals surface area contributed by atoms with Crippen molar-refractivity contribution in [1.82, 2.24) is 9.97 Å². The quantitative estimate of drug-likeness (QED) is 0.373. The van der Waals surface area contributed by atoms with Gasteiger partial charge in [-0.15, -0.1) is 0 Å². The molecule has 0 unspecified atom stereocenters. The van der Waals surface area contributed by atoms with Gasteiger partial charge in [0.15, 0.2) is 0 Å². The monoisotopic (exact) mass is 390 g/mol. The minimum absolute atomic E-state index is 0. The lowest BCUT2D eigenvalue weighted by Crippen LogP contribution is -2.10. The van der Waals surface area contributed by atoms with Crippen molar-refractivity contribution in [3.05, 3.63) is 84.3 Å². The summed E-state index contributed by atoms with van der Waals surface area (Å²) in [5, 5.41) is 4.32. The lowest BCUT2D eigenvalue weighted by molar-refractivity contribution is 0.483. The molecule has 142 valence electrons. The second kappa shape index (κ2) is 9.50. The summed E-state index contributed by atoms with van der Waals surface area (Å²) in [6.45, 7) is 0. The van der Waals surface area contributed by atoms with Gasteiger partial charge in [0.05, 0.1) is 10.6 Å². The van der Waals surface area contributed by atoms with E-state index in [0.717, 1.165) is 0 Å². The number of hydrazone groups is 1. The summed E-state index contributed by atoms with van der Waals surface area (Å²) >= 11 is 0. The smallest absolute Gasteiger partial charge is 0.294 e. The van der Waals surface area contributed by atoms with Gasteiger partial charge in [-0.05, 0) is 36.4 Å². The average Bonchev–Trinajstić information content (AvgIpc) is 2.63. The van der Waals surface area contributed by atoms with Crippen LogP contribution in [0.2, 0.25) is 0 Å². The van der Waals surface area contributed by atoms with E-state index >= 15 is 0 Å². The van der Waals surface area contributed by atoms with Crippen molar-refractivity contribution in [2.45, 2.75) is 4.90 Å². The Morgan fingerprint density at radius 3 is 2.22 bits per heavy atom. The minimum atomic E-state index is -4.32. The van der Waals surface area contributed by atoms with Crippen LogP contribution in [0.5, 0.6) is 0 Å². The number of nitrogens with zero attached hydrogens (tertiary/aromatic N) is 3. The zero-order valence-electron chi connectivity index (χ0n) is 13.9. The van der Waals surface area contributed by atoms with Crippen molar-refractivity contribution in [3.63, 3.8) is 0 Å². The average molecular weight is 390 g/mol. The van der Waals surface area contributed by atoms with Crippen molar-refractivity contribution in [2.24, 2.45) is 5.10 Å². The Kier molecular flexibility index (Phi) is 7.69. The van der Waals surface area contributed by atoms with Gasteiger partial charge in [0.1, 0.15) is 11.5 Å². The number of nitrogens with one attached hydrogen (secondary N) is 1. The molecule has 27 heavy (non-hydrogen) atoms.